The van der Waals surface area contributed by atoms with E-state index >= 15 is 0 Å². The van der Waals surface area contributed by atoms with Crippen molar-refractivity contribution in [3.63, 3.8) is 0 Å². The third kappa shape index (κ3) is 5.28. The zero-order valence-corrected chi connectivity index (χ0v) is 15.7. The average Bonchev–Trinajstić information content (AvgIpc) is 2.67. The highest BCUT2D eigenvalue weighted by molar-refractivity contribution is 6.34. The van der Waals surface area contributed by atoms with Crippen LogP contribution in [0.25, 0.3) is 0 Å². The Morgan fingerprint density at radius 2 is 1.85 bits per heavy atom. The minimum atomic E-state index is -0.540. The van der Waals surface area contributed by atoms with Crippen LogP contribution < -0.4 is 5.32 Å². The highest BCUT2D eigenvalue weighted by Crippen LogP contribution is 2.22. The van der Waals surface area contributed by atoms with Crippen molar-refractivity contribution in [2.24, 2.45) is 0 Å². The first-order valence-corrected chi connectivity index (χ1v) is 9.43. The van der Waals surface area contributed by atoms with Gasteiger partial charge in [0.05, 0.1) is 15.5 Å². The van der Waals surface area contributed by atoms with Crippen molar-refractivity contribution in [2.75, 3.05) is 13.1 Å². The second kappa shape index (κ2) is 8.97. The van der Waals surface area contributed by atoms with Gasteiger partial charge < -0.3 is 5.32 Å². The molecule has 1 amide bonds. The van der Waals surface area contributed by atoms with Crippen LogP contribution in [-0.4, -0.2) is 28.8 Å². The van der Waals surface area contributed by atoms with Crippen molar-refractivity contribution >= 4 is 23.2 Å². The van der Waals surface area contributed by atoms with E-state index in [0.717, 1.165) is 25.2 Å². The van der Waals surface area contributed by atoms with Gasteiger partial charge in [-0.25, -0.2) is 0 Å². The molecule has 0 spiro atoms. The van der Waals surface area contributed by atoms with E-state index in [-0.39, 0.29) is 22.2 Å². The van der Waals surface area contributed by atoms with Crippen LogP contribution in [0.4, 0.5) is 5.69 Å². The van der Waals surface area contributed by atoms with Crippen LogP contribution in [0, 0.1) is 10.1 Å². The Balaban J connectivity index is 1.60. The topological polar surface area (TPSA) is 75.5 Å². The van der Waals surface area contributed by atoms with E-state index in [4.69, 9.17) is 11.6 Å². The minimum absolute atomic E-state index is 0.0700. The number of halogens is 1. The summed E-state index contributed by atoms with van der Waals surface area (Å²) >= 11 is 6.01. The molecule has 0 unspecified atom stereocenters. The summed E-state index contributed by atoms with van der Waals surface area (Å²) in [7, 11) is 0. The van der Waals surface area contributed by atoms with Gasteiger partial charge in [-0.2, -0.15) is 0 Å². The van der Waals surface area contributed by atoms with E-state index in [0.29, 0.717) is 6.54 Å². The molecule has 1 heterocycles. The highest BCUT2D eigenvalue weighted by Gasteiger charge is 2.15. The predicted octanol–water partition coefficient (Wildman–Crippen LogP) is 4.16. The van der Waals surface area contributed by atoms with E-state index in [1.165, 1.54) is 43.0 Å². The molecule has 1 fully saturated rings. The summed E-state index contributed by atoms with van der Waals surface area (Å²) in [6.45, 7) is 3.58. The maximum absolute atomic E-state index is 12.3. The second-order valence-corrected chi connectivity index (χ2v) is 7.17. The van der Waals surface area contributed by atoms with Gasteiger partial charge in [-0.15, -0.1) is 0 Å². The van der Waals surface area contributed by atoms with Crippen LogP contribution >= 0.6 is 11.6 Å². The molecule has 0 saturated carbocycles. The molecule has 1 saturated heterocycles. The summed E-state index contributed by atoms with van der Waals surface area (Å²) in [5.74, 6) is -0.351. The van der Waals surface area contributed by atoms with Gasteiger partial charge in [0.2, 0.25) is 0 Å². The molecule has 0 aliphatic carbocycles. The number of nitrogens with one attached hydrogen (secondary N) is 1. The van der Waals surface area contributed by atoms with Crippen LogP contribution in [-0.2, 0) is 13.1 Å². The molecule has 6 nitrogen and oxygen atoms in total. The number of carbonyl (C=O) groups is 1. The number of nitro groups is 1. The first kappa shape index (κ1) is 19.3. The van der Waals surface area contributed by atoms with Gasteiger partial charge in [0.15, 0.2) is 0 Å². The lowest BCUT2D eigenvalue weighted by molar-refractivity contribution is -0.384. The van der Waals surface area contributed by atoms with Crippen molar-refractivity contribution in [2.45, 2.75) is 32.4 Å². The minimum Gasteiger partial charge on any atom is -0.348 e. The number of nitrogens with zero attached hydrogens (tertiary/aromatic N) is 2. The van der Waals surface area contributed by atoms with Crippen molar-refractivity contribution in [3.8, 4) is 0 Å². The molecule has 7 heteroatoms. The Bertz CT molecular complexity index is 835. The number of amides is 1. The third-order valence-corrected chi connectivity index (χ3v) is 5.02. The highest BCUT2D eigenvalue weighted by atomic mass is 35.5. The number of likely N-dealkylation sites (tertiary alicyclic amines) is 1. The molecule has 0 bridgehead atoms. The number of rotatable bonds is 6. The third-order valence-electron chi connectivity index (χ3n) is 4.71. The van der Waals surface area contributed by atoms with Gasteiger partial charge in [0, 0.05) is 25.2 Å². The number of piperidine rings is 1. The SMILES string of the molecule is O=C(NCc1cccc(CN2CCCCC2)c1)c1ccc([N+](=O)[O-])cc1Cl. The van der Waals surface area contributed by atoms with Crippen LogP contribution in [0.3, 0.4) is 0 Å². The van der Waals surface area contributed by atoms with Gasteiger partial charge in [0.1, 0.15) is 0 Å². The summed E-state index contributed by atoms with van der Waals surface area (Å²) in [5, 5.41) is 13.7. The lowest BCUT2D eigenvalue weighted by Gasteiger charge is -2.26. The van der Waals surface area contributed by atoms with Crippen molar-refractivity contribution in [1.29, 1.82) is 0 Å². The molecule has 1 aliphatic rings. The Labute approximate surface area is 163 Å². The molecule has 0 radical (unpaired) electrons. The summed E-state index contributed by atoms with van der Waals surface area (Å²) in [6.07, 6.45) is 3.82. The van der Waals surface area contributed by atoms with E-state index in [9.17, 15) is 14.9 Å². The number of nitro benzene ring substituents is 1. The van der Waals surface area contributed by atoms with Crippen LogP contribution in [0.2, 0.25) is 5.02 Å². The zero-order valence-electron chi connectivity index (χ0n) is 15.0. The van der Waals surface area contributed by atoms with Gasteiger partial charge >= 0.3 is 0 Å². The van der Waals surface area contributed by atoms with Gasteiger partial charge in [-0.3, -0.25) is 19.8 Å². The maximum atomic E-state index is 12.3. The number of hydrogen-bond acceptors (Lipinski definition) is 4. The first-order valence-electron chi connectivity index (χ1n) is 9.05. The molecule has 0 atom stereocenters. The number of carbonyl (C=O) groups excluding carboxylic acids is 1. The van der Waals surface area contributed by atoms with Gasteiger partial charge in [-0.1, -0.05) is 42.3 Å². The number of benzene rings is 2. The standard InChI is InChI=1S/C20H22ClN3O3/c21-19-12-17(24(26)27)7-8-18(19)20(25)22-13-15-5-4-6-16(11-15)14-23-9-2-1-3-10-23/h4-8,11-12H,1-3,9-10,13-14H2,(H,22,25). The van der Waals surface area contributed by atoms with E-state index in [1.54, 1.807) is 0 Å². The molecule has 3 rings (SSSR count). The zero-order chi connectivity index (χ0) is 19.2. The van der Waals surface area contributed by atoms with Gasteiger partial charge in [-0.05, 0) is 43.1 Å². The van der Waals surface area contributed by atoms with E-state index in [2.05, 4.69) is 22.3 Å². The number of hydrogen-bond donors (Lipinski definition) is 1. The largest absolute Gasteiger partial charge is 0.348 e. The second-order valence-electron chi connectivity index (χ2n) is 6.76. The first-order chi connectivity index (χ1) is 13.0. The summed E-state index contributed by atoms with van der Waals surface area (Å²) < 4.78 is 0. The van der Waals surface area contributed by atoms with Gasteiger partial charge in [0.25, 0.3) is 11.6 Å². The van der Waals surface area contributed by atoms with E-state index < -0.39 is 4.92 Å². The molecule has 1 N–H and O–H groups in total. The molecule has 0 aromatic heterocycles. The number of non-ortho nitro benzene ring substituents is 1. The summed E-state index contributed by atoms with van der Waals surface area (Å²) in [5.41, 5.74) is 2.33. The average molecular weight is 388 g/mol. The molecule has 142 valence electrons. The molecule has 2 aromatic rings. The van der Waals surface area contributed by atoms with Crippen LogP contribution in [0.1, 0.15) is 40.7 Å². The molecular weight excluding hydrogens is 366 g/mol. The monoisotopic (exact) mass is 387 g/mol. The Kier molecular flexibility index (Phi) is 6.42. The van der Waals surface area contributed by atoms with Crippen molar-refractivity contribution in [3.05, 3.63) is 74.3 Å². The van der Waals surface area contributed by atoms with Crippen molar-refractivity contribution in [1.82, 2.24) is 10.2 Å². The lowest BCUT2D eigenvalue weighted by atomic mass is 10.1. The summed E-state index contributed by atoms with van der Waals surface area (Å²) in [4.78, 5) is 25.0. The van der Waals surface area contributed by atoms with Crippen LogP contribution in [0.5, 0.6) is 0 Å². The fourth-order valence-corrected chi connectivity index (χ4v) is 3.55. The molecule has 2 aromatic carbocycles. The van der Waals surface area contributed by atoms with E-state index in [1.807, 2.05) is 12.1 Å². The fraction of sp³-hybridized carbons (Fsp3) is 0.350. The lowest BCUT2D eigenvalue weighted by Crippen LogP contribution is -2.29. The maximum Gasteiger partial charge on any atom is 0.270 e. The Morgan fingerprint density at radius 1 is 1.11 bits per heavy atom. The molecule has 27 heavy (non-hydrogen) atoms. The molecule has 1 aliphatic heterocycles. The molecular formula is C20H22ClN3O3. The summed E-state index contributed by atoms with van der Waals surface area (Å²) in [6, 6.07) is 12.0. The van der Waals surface area contributed by atoms with Crippen LogP contribution in [0.15, 0.2) is 42.5 Å². The predicted molar refractivity (Wildman–Crippen MR) is 105 cm³/mol. The Morgan fingerprint density at radius 3 is 2.56 bits per heavy atom. The Hall–Kier alpha value is -2.44. The quantitative estimate of drug-likeness (QED) is 0.596. The van der Waals surface area contributed by atoms with Crippen molar-refractivity contribution < 1.29 is 9.72 Å². The normalized spacial score (nSPS) is 14.7. The fourth-order valence-electron chi connectivity index (χ4n) is 3.29. The smallest absolute Gasteiger partial charge is 0.270 e.